The van der Waals surface area contributed by atoms with Crippen molar-refractivity contribution in [2.45, 2.75) is 48.7 Å². The van der Waals surface area contributed by atoms with Crippen molar-refractivity contribution in [3.05, 3.63) is 78.4 Å². The molecule has 0 spiro atoms. The minimum Gasteiger partial charge on any atom is -0.475 e. The van der Waals surface area contributed by atoms with E-state index in [0.717, 1.165) is 24.8 Å². The van der Waals surface area contributed by atoms with Gasteiger partial charge in [-0.05, 0) is 48.7 Å². The lowest BCUT2D eigenvalue weighted by atomic mass is 9.80. The van der Waals surface area contributed by atoms with Gasteiger partial charge in [0.1, 0.15) is 5.54 Å². The molecule has 0 aliphatic heterocycles. The molecule has 0 atom stereocenters. The molecule has 0 bridgehead atoms. The third kappa shape index (κ3) is 8.70. The number of nitrogens with zero attached hydrogens (tertiary/aromatic N) is 1. The molecule has 0 unspecified atom stereocenters. The van der Waals surface area contributed by atoms with E-state index in [0.29, 0.717) is 35.3 Å². The molecule has 0 aromatic heterocycles. The number of alkyl halides is 3. The van der Waals surface area contributed by atoms with Crippen LogP contribution in [0.25, 0.3) is 11.1 Å². The Balaban J connectivity index is 0.000000646. The molecule has 0 heterocycles. The summed E-state index contributed by atoms with van der Waals surface area (Å²) in [4.78, 5) is 22.7. The number of anilines is 2. The van der Waals surface area contributed by atoms with Crippen LogP contribution in [0.15, 0.2) is 82.8 Å². The Hall–Kier alpha value is -4.59. The molecule has 1 amide bonds. The van der Waals surface area contributed by atoms with Gasteiger partial charge in [-0.25, -0.2) is 13.2 Å². The van der Waals surface area contributed by atoms with E-state index in [-0.39, 0.29) is 16.6 Å². The van der Waals surface area contributed by atoms with Crippen molar-refractivity contribution < 1.29 is 41.5 Å². The van der Waals surface area contributed by atoms with Crippen LogP contribution in [-0.4, -0.2) is 54.4 Å². The molecule has 6 N–H and O–H groups in total. The molecular weight excluding hydrogens is 589 g/mol. The number of halogens is 3. The summed E-state index contributed by atoms with van der Waals surface area (Å²) in [6.07, 6.45) is 0.356. The van der Waals surface area contributed by atoms with Gasteiger partial charge in [-0.15, -0.1) is 0 Å². The van der Waals surface area contributed by atoms with Crippen LogP contribution < -0.4 is 16.4 Å². The summed E-state index contributed by atoms with van der Waals surface area (Å²) < 4.78 is 56.1. The number of amidine groups is 1. The van der Waals surface area contributed by atoms with E-state index in [1.165, 1.54) is 6.26 Å². The van der Waals surface area contributed by atoms with Crippen molar-refractivity contribution in [2.75, 3.05) is 16.9 Å². The summed E-state index contributed by atoms with van der Waals surface area (Å²) in [5, 5.41) is 25.6. The number of oxime groups is 1. The van der Waals surface area contributed by atoms with Gasteiger partial charge < -0.3 is 26.7 Å². The first-order valence-corrected chi connectivity index (χ1v) is 14.9. The van der Waals surface area contributed by atoms with Crippen LogP contribution in [0.5, 0.6) is 0 Å². The summed E-state index contributed by atoms with van der Waals surface area (Å²) in [5.74, 6) is -2.90. The van der Waals surface area contributed by atoms with Crippen molar-refractivity contribution in [3.8, 4) is 11.1 Å². The summed E-state index contributed by atoms with van der Waals surface area (Å²) in [7, 11) is -3.38. The van der Waals surface area contributed by atoms with Gasteiger partial charge in [-0.3, -0.25) is 4.79 Å². The smallest absolute Gasteiger partial charge is 0.475 e. The predicted octanol–water partition coefficient (Wildman–Crippen LogP) is 5.24. The summed E-state index contributed by atoms with van der Waals surface area (Å²) in [6, 6.07) is 21.2. The maximum atomic E-state index is 13.6. The fourth-order valence-corrected chi connectivity index (χ4v) is 5.58. The van der Waals surface area contributed by atoms with Crippen LogP contribution >= 0.6 is 0 Å². The van der Waals surface area contributed by atoms with Gasteiger partial charge in [-0.1, -0.05) is 66.9 Å². The highest BCUT2D eigenvalue weighted by atomic mass is 32.2. The van der Waals surface area contributed by atoms with Crippen LogP contribution in [0.1, 0.15) is 37.7 Å². The first-order chi connectivity index (χ1) is 20.2. The molecule has 14 heteroatoms. The number of nitrogens with two attached hydrogens (primary N) is 1. The largest absolute Gasteiger partial charge is 0.490 e. The number of carbonyl (C=O) groups excluding carboxylic acids is 1. The first kappa shape index (κ1) is 32.9. The van der Waals surface area contributed by atoms with Gasteiger partial charge in [0, 0.05) is 28.8 Å². The Morgan fingerprint density at radius 3 is 2.09 bits per heavy atom. The number of rotatable bonds is 7. The van der Waals surface area contributed by atoms with Gasteiger partial charge in [0.05, 0.1) is 4.90 Å². The predicted molar refractivity (Wildman–Crippen MR) is 156 cm³/mol. The molecule has 0 radical (unpaired) electrons. The lowest BCUT2D eigenvalue weighted by molar-refractivity contribution is -0.192. The van der Waals surface area contributed by atoms with Gasteiger partial charge in [-0.2, -0.15) is 13.2 Å². The normalized spacial score (nSPS) is 15.0. The van der Waals surface area contributed by atoms with Crippen LogP contribution in [0, 0.1) is 0 Å². The molecule has 3 aromatic rings. The van der Waals surface area contributed by atoms with Crippen LogP contribution in [0.3, 0.4) is 0 Å². The Bertz CT molecular complexity index is 1590. The number of nitrogens with one attached hydrogen (secondary N) is 2. The lowest BCUT2D eigenvalue weighted by Gasteiger charge is -2.37. The topological polar surface area (TPSA) is 171 Å². The average molecular weight is 621 g/mol. The van der Waals surface area contributed by atoms with E-state index in [4.69, 9.17) is 20.8 Å². The van der Waals surface area contributed by atoms with Crippen molar-refractivity contribution in [2.24, 2.45) is 10.9 Å². The summed E-state index contributed by atoms with van der Waals surface area (Å²) in [6.45, 7) is 0. The number of aliphatic carboxylic acids is 1. The van der Waals surface area contributed by atoms with E-state index in [9.17, 15) is 26.4 Å². The lowest BCUT2D eigenvalue weighted by Crippen LogP contribution is -2.51. The highest BCUT2D eigenvalue weighted by Crippen LogP contribution is 2.34. The third-order valence-corrected chi connectivity index (χ3v) is 7.93. The number of benzene rings is 3. The van der Waals surface area contributed by atoms with Crippen molar-refractivity contribution in [1.29, 1.82) is 0 Å². The zero-order valence-electron chi connectivity index (χ0n) is 23.1. The summed E-state index contributed by atoms with van der Waals surface area (Å²) in [5.41, 5.74) is 8.19. The van der Waals surface area contributed by atoms with Crippen LogP contribution in [0.2, 0.25) is 0 Å². The minimum atomic E-state index is -5.08. The summed E-state index contributed by atoms with van der Waals surface area (Å²) >= 11 is 0. The molecule has 4 rings (SSSR count). The van der Waals surface area contributed by atoms with Gasteiger partial charge >= 0.3 is 12.1 Å². The van der Waals surface area contributed by atoms with E-state index in [1.807, 2.05) is 6.07 Å². The molecule has 3 aromatic carbocycles. The van der Waals surface area contributed by atoms with Crippen molar-refractivity contribution in [1.82, 2.24) is 0 Å². The number of sulfone groups is 1. The number of hydrogen-bond acceptors (Lipinski definition) is 7. The fourth-order valence-electron chi connectivity index (χ4n) is 4.67. The van der Waals surface area contributed by atoms with Gasteiger partial charge in [0.2, 0.25) is 5.91 Å². The molecular formula is C29H31F3N4O6S. The van der Waals surface area contributed by atoms with Gasteiger partial charge in [0.25, 0.3) is 0 Å². The molecule has 1 aliphatic rings. The third-order valence-electron chi connectivity index (χ3n) is 6.77. The molecule has 0 saturated heterocycles. The maximum absolute atomic E-state index is 13.6. The van der Waals surface area contributed by atoms with Crippen molar-refractivity contribution in [3.63, 3.8) is 0 Å². The molecule has 230 valence electrons. The second-order valence-corrected chi connectivity index (χ2v) is 11.9. The maximum Gasteiger partial charge on any atom is 0.490 e. The van der Waals surface area contributed by atoms with Crippen LogP contribution in [-0.2, 0) is 19.4 Å². The number of hydrogen-bond donors (Lipinski definition) is 5. The molecule has 10 nitrogen and oxygen atoms in total. The Morgan fingerprint density at radius 2 is 1.53 bits per heavy atom. The number of carbonyl (C=O) groups is 2. The van der Waals surface area contributed by atoms with Crippen molar-refractivity contribution >= 4 is 38.9 Å². The highest BCUT2D eigenvalue weighted by Gasteiger charge is 2.40. The Labute approximate surface area is 246 Å². The van der Waals surface area contributed by atoms with E-state index >= 15 is 0 Å². The number of amides is 1. The minimum absolute atomic E-state index is 0.00154. The first-order valence-electron chi connectivity index (χ1n) is 13.0. The second-order valence-electron chi connectivity index (χ2n) is 9.94. The Kier molecular flexibility index (Phi) is 10.4. The Morgan fingerprint density at radius 1 is 0.930 bits per heavy atom. The number of carboxylic acid groups (broad SMARTS) is 1. The quantitative estimate of drug-likeness (QED) is 0.103. The van der Waals surface area contributed by atoms with E-state index in [2.05, 4.69) is 15.8 Å². The monoisotopic (exact) mass is 620 g/mol. The number of carboxylic acids is 1. The van der Waals surface area contributed by atoms with E-state index < -0.39 is 27.5 Å². The zero-order valence-corrected chi connectivity index (χ0v) is 23.9. The van der Waals surface area contributed by atoms with E-state index in [1.54, 1.807) is 66.7 Å². The molecule has 1 aliphatic carbocycles. The highest BCUT2D eigenvalue weighted by molar-refractivity contribution is 7.90. The van der Waals surface area contributed by atoms with Crippen LogP contribution in [0.4, 0.5) is 24.5 Å². The average Bonchev–Trinajstić information content (AvgIpc) is 2.97. The standard InChI is InChI=1S/C27H30N4O4S.C2HF3O2/c1-36(34,35)24-11-4-3-10-23(24)19-12-14-21(15-13-19)29-26(32)27(16-5-2-6-17-27)30-22-9-7-8-20(18-22)25(28)31-33;3-2(4,5)1(6)7/h3-4,7-15,18,30,33H,2,5-6,16-17H2,1H3,(H2,28,31)(H,29,32);(H,6,7). The molecule has 1 fully saturated rings. The fraction of sp³-hybridized carbons (Fsp3) is 0.276. The molecule has 43 heavy (non-hydrogen) atoms. The molecule has 1 saturated carbocycles. The SMILES string of the molecule is CS(=O)(=O)c1ccccc1-c1ccc(NC(=O)C2(Nc3cccc(C(N)=NO)c3)CCCCC2)cc1.O=C(O)C(F)(F)F. The second kappa shape index (κ2) is 13.6. The zero-order chi connectivity index (χ0) is 31.8. The van der Waals surface area contributed by atoms with Gasteiger partial charge in [0.15, 0.2) is 15.7 Å².